The van der Waals surface area contributed by atoms with E-state index in [0.717, 1.165) is 0 Å². The summed E-state index contributed by atoms with van der Waals surface area (Å²) in [5, 5.41) is 0. The Morgan fingerprint density at radius 2 is 0.417 bits per heavy atom. The van der Waals surface area contributed by atoms with Crippen LogP contribution in [-0.4, -0.2) is 9.49 Å². The van der Waals surface area contributed by atoms with E-state index in [4.69, 9.17) is 61.7 Å². The van der Waals surface area contributed by atoms with Gasteiger partial charge in [-0.1, -0.05) is 151 Å². The largest absolute Gasteiger partial charge is 0.530 e. The van der Waals surface area contributed by atoms with Gasteiger partial charge in [-0.05, 0) is 72.8 Å². The molecular weight excluding hydrogens is 1010 g/mol. The maximum absolute atomic E-state index is 7.50. The zero-order valence-electron chi connectivity index (χ0n) is 34.0. The molecule has 0 aliphatic rings. The number of hydrogen-bond acceptors (Lipinski definition) is 8. The molecular formula is C46H48O8P2Rh2S2-2. The van der Waals surface area contributed by atoms with Gasteiger partial charge in [-0.2, -0.15) is 9.49 Å². The van der Waals surface area contributed by atoms with Crippen molar-refractivity contribution in [3.63, 3.8) is 0 Å². The summed E-state index contributed by atoms with van der Waals surface area (Å²) in [6, 6.07) is 57.0. The van der Waals surface area contributed by atoms with E-state index in [1.165, 1.54) is 0 Å². The van der Waals surface area contributed by atoms with Crippen molar-refractivity contribution in [2.45, 2.75) is 51.0 Å². The molecule has 60 heavy (non-hydrogen) atoms. The molecule has 0 saturated carbocycles. The second kappa shape index (κ2) is 35.0. The van der Waals surface area contributed by atoms with Crippen molar-refractivity contribution in [3.8, 4) is 34.5 Å². The summed E-state index contributed by atoms with van der Waals surface area (Å²) >= 11 is 9.65. The van der Waals surface area contributed by atoms with Gasteiger partial charge < -0.3 is 52.4 Å². The van der Waals surface area contributed by atoms with E-state index in [-0.39, 0.29) is 48.4 Å². The van der Waals surface area contributed by atoms with Crippen LogP contribution in [0.1, 0.15) is 41.5 Å². The molecule has 322 valence electrons. The van der Waals surface area contributed by atoms with Crippen molar-refractivity contribution >= 4 is 42.5 Å². The predicted octanol–water partition coefficient (Wildman–Crippen LogP) is 13.5. The van der Waals surface area contributed by atoms with E-state index in [1.54, 1.807) is 0 Å². The maximum Gasteiger partial charge on any atom is 0.530 e. The maximum atomic E-state index is 7.50. The molecule has 0 heterocycles. The van der Waals surface area contributed by atoms with Crippen LogP contribution in [0.25, 0.3) is 0 Å². The number of benzene rings is 6. The average Bonchev–Trinajstić information content (AvgIpc) is 3.21. The van der Waals surface area contributed by atoms with Gasteiger partial charge in [0.05, 0.1) is 0 Å². The third-order valence-corrected chi connectivity index (χ3v) is 7.70. The third kappa shape index (κ3) is 33.2. The van der Waals surface area contributed by atoms with E-state index >= 15 is 0 Å². The minimum Gasteiger partial charge on any atom is -0.409 e. The summed E-state index contributed by atoms with van der Waals surface area (Å²) in [6.45, 7) is 21.0. The minimum atomic E-state index is -1.59. The normalized spacial score (nSPS) is 9.57. The van der Waals surface area contributed by atoms with E-state index in [9.17, 15) is 0 Å². The van der Waals surface area contributed by atoms with Gasteiger partial charge in [-0.25, -0.2) is 0 Å². The zero-order chi connectivity index (χ0) is 43.1. The third-order valence-electron chi connectivity index (χ3n) is 5.54. The summed E-state index contributed by atoms with van der Waals surface area (Å²) in [5.41, 5.74) is 0. The van der Waals surface area contributed by atoms with Gasteiger partial charge in [0.2, 0.25) is 0 Å². The number of para-hydroxylation sites is 6. The second-order valence-electron chi connectivity index (χ2n) is 13.1. The van der Waals surface area contributed by atoms with Crippen LogP contribution in [0.5, 0.6) is 34.5 Å². The van der Waals surface area contributed by atoms with Gasteiger partial charge in [-0.15, -0.1) is 0 Å². The van der Waals surface area contributed by atoms with Crippen LogP contribution < -0.4 is 27.1 Å². The van der Waals surface area contributed by atoms with Gasteiger partial charge in [0.15, 0.2) is 0 Å². The summed E-state index contributed by atoms with van der Waals surface area (Å²) in [4.78, 5) is 0. The van der Waals surface area contributed by atoms with Crippen molar-refractivity contribution in [2.75, 3.05) is 0 Å². The van der Waals surface area contributed by atoms with E-state index < -0.39 is 17.2 Å². The first kappa shape index (κ1) is 58.5. The second-order valence-corrected chi connectivity index (χ2v) is 17.5. The molecule has 8 nitrogen and oxygen atoms in total. The Kier molecular flexibility index (Phi) is 34.2. The number of hydrogen-bond donors (Lipinski definition) is 0. The van der Waals surface area contributed by atoms with Crippen molar-refractivity contribution in [1.29, 1.82) is 0 Å². The molecule has 0 fully saturated rings. The molecule has 0 unspecified atom stereocenters. The molecule has 0 aliphatic heterocycles. The molecule has 6 rings (SSSR count). The van der Waals surface area contributed by atoms with Gasteiger partial charge >= 0.3 is 39.8 Å². The van der Waals surface area contributed by atoms with Gasteiger partial charge in [0, 0.05) is 39.0 Å². The van der Waals surface area contributed by atoms with Crippen LogP contribution in [-0.2, 0) is 73.5 Å². The Hall–Kier alpha value is -3.59. The van der Waals surface area contributed by atoms with Crippen molar-refractivity contribution < 1.29 is 75.4 Å². The molecule has 14 heteroatoms. The quantitative estimate of drug-likeness (QED) is 0.0393. The standard InChI is InChI=1S/2C18H15O3P.2C4H10S.2CO.2Rh/c2*1-4-10-16(11-5-1)19-22(20-17-12-6-2-7-13-17)21-18-14-8-3-9-15-18;2*1-4(2,3)5;2*1-2;;/h2*1-15H;2*5H,1-3H3;;;;/p-2. The molecule has 0 bridgehead atoms. The molecule has 6 aromatic carbocycles. The van der Waals surface area contributed by atoms with Crippen LogP contribution in [0.2, 0.25) is 0 Å². The van der Waals surface area contributed by atoms with Gasteiger partial charge in [-0.3, -0.25) is 0 Å². The molecule has 0 aliphatic carbocycles. The fourth-order valence-corrected chi connectivity index (χ4v) is 5.50. The van der Waals surface area contributed by atoms with E-state index in [2.05, 4.69) is 13.3 Å². The first-order valence-electron chi connectivity index (χ1n) is 17.6. The van der Waals surface area contributed by atoms with E-state index in [0.29, 0.717) is 34.5 Å². The van der Waals surface area contributed by atoms with Crippen molar-refractivity contribution in [1.82, 2.24) is 0 Å². The molecule has 0 N–H and O–H groups in total. The first-order chi connectivity index (χ1) is 27.8. The van der Waals surface area contributed by atoms with Crippen molar-refractivity contribution in [2.24, 2.45) is 0 Å². The Morgan fingerprint density at radius 3 is 0.517 bits per heavy atom. The monoisotopic (exact) mass is 1060 g/mol. The molecule has 0 aromatic heterocycles. The summed E-state index contributed by atoms with van der Waals surface area (Å²) in [5.74, 6) is 4.25. The summed E-state index contributed by atoms with van der Waals surface area (Å²) in [6.07, 6.45) is 0. The molecule has 0 spiro atoms. The molecule has 6 aromatic rings. The summed E-state index contributed by atoms with van der Waals surface area (Å²) in [7, 11) is -3.18. The van der Waals surface area contributed by atoms with Crippen LogP contribution in [0.3, 0.4) is 0 Å². The van der Waals surface area contributed by atoms with Crippen LogP contribution in [0.15, 0.2) is 182 Å². The van der Waals surface area contributed by atoms with Gasteiger partial charge in [0.25, 0.3) is 0 Å². The average molecular weight is 1060 g/mol. The molecule has 2 radical (unpaired) electrons. The molecule has 0 atom stereocenters. The minimum absolute atomic E-state index is 0. The fraction of sp³-hybridized carbons (Fsp3) is 0.174. The zero-order valence-corrected chi connectivity index (χ0v) is 40.7. The Balaban J connectivity index is 0. The Morgan fingerprint density at radius 1 is 0.317 bits per heavy atom. The van der Waals surface area contributed by atoms with Crippen molar-refractivity contribution in [3.05, 3.63) is 195 Å². The topological polar surface area (TPSA) is 95.2 Å². The molecule has 0 saturated heterocycles. The molecule has 0 amide bonds. The SMILES string of the molecule is CC(C)(C)[S-].CC(C)(C)[S-].[C-]#[O+].[C-]#[O+].[Rh].[Rh].c1ccc(OP(Oc2ccccc2)Oc2ccccc2)cc1.c1ccc(OP(Oc2ccccc2)Oc2ccccc2)cc1. The summed E-state index contributed by atoms with van der Waals surface area (Å²) < 4.78 is 50.2. The fourth-order valence-electron chi connectivity index (χ4n) is 3.52. The Bertz CT molecular complexity index is 1560. The van der Waals surface area contributed by atoms with Crippen LogP contribution in [0.4, 0.5) is 0 Å². The van der Waals surface area contributed by atoms with Gasteiger partial charge in [0.1, 0.15) is 34.5 Å². The van der Waals surface area contributed by atoms with Crippen LogP contribution in [0, 0.1) is 13.3 Å². The smallest absolute Gasteiger partial charge is 0.409 e. The number of rotatable bonds is 12. The predicted molar refractivity (Wildman–Crippen MR) is 238 cm³/mol. The first-order valence-corrected chi connectivity index (χ1v) is 20.6. The van der Waals surface area contributed by atoms with E-state index in [1.807, 2.05) is 224 Å². The Labute approximate surface area is 395 Å². The van der Waals surface area contributed by atoms with Crippen LogP contribution >= 0.6 is 17.2 Å².